The monoisotopic (exact) mass is 274 g/mol. The molecule has 0 radical (unpaired) electrons. The molecule has 0 bridgehead atoms. The van der Waals surface area contributed by atoms with Crippen molar-refractivity contribution < 1.29 is 0 Å². The minimum atomic E-state index is 0.319. The Balaban J connectivity index is 2.76. The molecule has 0 saturated heterocycles. The van der Waals surface area contributed by atoms with E-state index < -0.39 is 0 Å². The molecule has 0 fully saturated rings. The molecular formula is C18H30N2. The van der Waals surface area contributed by atoms with Gasteiger partial charge in [-0.15, -0.1) is 0 Å². The number of hydrogen-bond donors (Lipinski definition) is 1. The maximum atomic E-state index is 6.00. The number of rotatable bonds is 8. The van der Waals surface area contributed by atoms with Gasteiger partial charge in [-0.05, 0) is 17.4 Å². The first-order chi connectivity index (χ1) is 9.52. The standard InChI is InChI=1S/C18H30N2/c1-15(2)13-20(14-16(3)4)18(12-19)11-10-17-8-6-5-7-9-17/h5-11,15-16,18H,12-14,19H2,1-4H3/b11-10-. The predicted octanol–water partition coefficient (Wildman–Crippen LogP) is 3.64. The molecule has 0 spiro atoms. The SMILES string of the molecule is CC(C)CN(CC(C)C)C(/C=C\c1ccccc1)CN. The molecule has 2 nitrogen and oxygen atoms in total. The first-order valence-electron chi connectivity index (χ1n) is 7.70. The average molecular weight is 274 g/mol. The molecule has 0 aliphatic carbocycles. The van der Waals surface area contributed by atoms with Crippen LogP contribution < -0.4 is 5.73 Å². The number of benzene rings is 1. The van der Waals surface area contributed by atoms with Crippen LogP contribution >= 0.6 is 0 Å². The van der Waals surface area contributed by atoms with Gasteiger partial charge in [-0.25, -0.2) is 0 Å². The van der Waals surface area contributed by atoms with Gasteiger partial charge in [0.15, 0.2) is 0 Å². The molecule has 2 N–H and O–H groups in total. The second kappa shape index (κ2) is 8.93. The summed E-state index contributed by atoms with van der Waals surface area (Å²) >= 11 is 0. The van der Waals surface area contributed by atoms with Crippen LogP contribution in [0.3, 0.4) is 0 Å². The van der Waals surface area contributed by atoms with E-state index in [4.69, 9.17) is 5.73 Å². The highest BCUT2D eigenvalue weighted by Crippen LogP contribution is 2.11. The van der Waals surface area contributed by atoms with Crippen LogP contribution in [0.5, 0.6) is 0 Å². The normalized spacial score (nSPS) is 13.8. The molecule has 0 saturated carbocycles. The van der Waals surface area contributed by atoms with Gasteiger partial charge in [-0.3, -0.25) is 4.90 Å². The van der Waals surface area contributed by atoms with Crippen molar-refractivity contribution in [2.45, 2.75) is 33.7 Å². The lowest BCUT2D eigenvalue weighted by atomic mass is 10.1. The van der Waals surface area contributed by atoms with Crippen molar-refractivity contribution >= 4 is 6.08 Å². The van der Waals surface area contributed by atoms with Crippen LogP contribution in [0.2, 0.25) is 0 Å². The van der Waals surface area contributed by atoms with Gasteiger partial charge in [-0.2, -0.15) is 0 Å². The molecule has 1 atom stereocenters. The zero-order valence-electron chi connectivity index (χ0n) is 13.4. The van der Waals surface area contributed by atoms with Crippen LogP contribution in [-0.4, -0.2) is 30.6 Å². The Hall–Kier alpha value is -1.12. The minimum absolute atomic E-state index is 0.319. The van der Waals surface area contributed by atoms with E-state index in [1.165, 1.54) is 5.56 Å². The lowest BCUT2D eigenvalue weighted by molar-refractivity contribution is 0.186. The quantitative estimate of drug-likeness (QED) is 0.784. The summed E-state index contributed by atoms with van der Waals surface area (Å²) in [6.45, 7) is 11.9. The molecule has 0 heterocycles. The van der Waals surface area contributed by atoms with Crippen molar-refractivity contribution in [2.75, 3.05) is 19.6 Å². The Bertz CT molecular complexity index is 372. The third-order valence-corrected chi connectivity index (χ3v) is 3.22. The number of nitrogens with zero attached hydrogens (tertiary/aromatic N) is 1. The highest BCUT2D eigenvalue weighted by Gasteiger charge is 2.16. The third kappa shape index (κ3) is 6.36. The average Bonchev–Trinajstić information content (AvgIpc) is 2.39. The van der Waals surface area contributed by atoms with E-state index in [1.54, 1.807) is 0 Å². The molecule has 20 heavy (non-hydrogen) atoms. The van der Waals surface area contributed by atoms with Crippen molar-refractivity contribution in [2.24, 2.45) is 17.6 Å². The smallest absolute Gasteiger partial charge is 0.0404 e. The van der Waals surface area contributed by atoms with E-state index in [-0.39, 0.29) is 0 Å². The van der Waals surface area contributed by atoms with Gasteiger partial charge in [0.1, 0.15) is 0 Å². The van der Waals surface area contributed by atoms with E-state index >= 15 is 0 Å². The summed E-state index contributed by atoms with van der Waals surface area (Å²) in [4.78, 5) is 2.51. The van der Waals surface area contributed by atoms with Crippen molar-refractivity contribution in [3.05, 3.63) is 42.0 Å². The number of hydrogen-bond acceptors (Lipinski definition) is 2. The van der Waals surface area contributed by atoms with E-state index in [2.05, 4.69) is 69.0 Å². The highest BCUT2D eigenvalue weighted by molar-refractivity contribution is 5.49. The van der Waals surface area contributed by atoms with Crippen LogP contribution in [0.25, 0.3) is 6.08 Å². The molecule has 1 unspecified atom stereocenters. The molecular weight excluding hydrogens is 244 g/mol. The van der Waals surface area contributed by atoms with Gasteiger partial charge in [-0.1, -0.05) is 70.2 Å². The van der Waals surface area contributed by atoms with Crippen molar-refractivity contribution in [1.29, 1.82) is 0 Å². The maximum absolute atomic E-state index is 6.00. The van der Waals surface area contributed by atoms with Gasteiger partial charge in [0.25, 0.3) is 0 Å². The predicted molar refractivity (Wildman–Crippen MR) is 89.6 cm³/mol. The summed E-state index contributed by atoms with van der Waals surface area (Å²) in [5.74, 6) is 1.32. The van der Waals surface area contributed by atoms with Gasteiger partial charge < -0.3 is 5.73 Å². The number of nitrogens with two attached hydrogens (primary N) is 1. The second-order valence-corrected chi connectivity index (χ2v) is 6.31. The highest BCUT2D eigenvalue weighted by atomic mass is 15.2. The Morgan fingerprint density at radius 1 is 1.00 bits per heavy atom. The van der Waals surface area contributed by atoms with Crippen LogP contribution in [0.4, 0.5) is 0 Å². The Labute approximate surface area is 124 Å². The third-order valence-electron chi connectivity index (χ3n) is 3.22. The Morgan fingerprint density at radius 3 is 2.00 bits per heavy atom. The zero-order valence-corrected chi connectivity index (χ0v) is 13.4. The fourth-order valence-electron chi connectivity index (χ4n) is 2.42. The summed E-state index contributed by atoms with van der Waals surface area (Å²) in [5.41, 5.74) is 7.23. The van der Waals surface area contributed by atoms with E-state index in [0.29, 0.717) is 24.4 Å². The molecule has 1 aromatic rings. The summed E-state index contributed by atoms with van der Waals surface area (Å²) in [6, 6.07) is 10.7. The summed E-state index contributed by atoms with van der Waals surface area (Å²) in [5, 5.41) is 0. The lowest BCUT2D eigenvalue weighted by Gasteiger charge is -2.32. The topological polar surface area (TPSA) is 29.3 Å². The molecule has 1 aromatic carbocycles. The van der Waals surface area contributed by atoms with E-state index in [9.17, 15) is 0 Å². The van der Waals surface area contributed by atoms with Crippen molar-refractivity contribution in [3.8, 4) is 0 Å². The van der Waals surface area contributed by atoms with Gasteiger partial charge in [0.05, 0.1) is 0 Å². The lowest BCUT2D eigenvalue weighted by Crippen LogP contribution is -2.43. The fraction of sp³-hybridized carbons (Fsp3) is 0.556. The first kappa shape index (κ1) is 16.9. The van der Waals surface area contributed by atoms with Gasteiger partial charge in [0, 0.05) is 25.7 Å². The van der Waals surface area contributed by atoms with Gasteiger partial charge in [0.2, 0.25) is 0 Å². The minimum Gasteiger partial charge on any atom is -0.329 e. The van der Waals surface area contributed by atoms with Crippen LogP contribution in [0, 0.1) is 11.8 Å². The summed E-state index contributed by atoms with van der Waals surface area (Å²) in [7, 11) is 0. The molecule has 0 aliphatic heterocycles. The summed E-state index contributed by atoms with van der Waals surface area (Å²) < 4.78 is 0. The molecule has 112 valence electrons. The van der Waals surface area contributed by atoms with Crippen molar-refractivity contribution in [3.63, 3.8) is 0 Å². The molecule has 2 heteroatoms. The molecule has 0 aliphatic rings. The molecule has 1 rings (SSSR count). The fourth-order valence-corrected chi connectivity index (χ4v) is 2.42. The second-order valence-electron chi connectivity index (χ2n) is 6.31. The largest absolute Gasteiger partial charge is 0.329 e. The molecule has 0 amide bonds. The van der Waals surface area contributed by atoms with E-state index in [0.717, 1.165) is 13.1 Å². The summed E-state index contributed by atoms with van der Waals surface area (Å²) in [6.07, 6.45) is 4.44. The van der Waals surface area contributed by atoms with Crippen LogP contribution in [0.15, 0.2) is 36.4 Å². The van der Waals surface area contributed by atoms with E-state index in [1.807, 2.05) is 6.07 Å². The van der Waals surface area contributed by atoms with Crippen molar-refractivity contribution in [1.82, 2.24) is 4.90 Å². The Morgan fingerprint density at radius 2 is 1.55 bits per heavy atom. The molecule has 0 aromatic heterocycles. The maximum Gasteiger partial charge on any atom is 0.0404 e. The zero-order chi connectivity index (χ0) is 15.0. The van der Waals surface area contributed by atoms with Crippen LogP contribution in [0.1, 0.15) is 33.3 Å². The van der Waals surface area contributed by atoms with Crippen LogP contribution in [-0.2, 0) is 0 Å². The van der Waals surface area contributed by atoms with Gasteiger partial charge >= 0.3 is 0 Å². The Kier molecular flexibility index (Phi) is 7.56. The first-order valence-corrected chi connectivity index (χ1v) is 7.70.